The van der Waals surface area contributed by atoms with E-state index < -0.39 is 0 Å². The van der Waals surface area contributed by atoms with Gasteiger partial charge in [-0.15, -0.1) is 0 Å². The van der Waals surface area contributed by atoms with E-state index in [1.165, 1.54) is 6.07 Å². The van der Waals surface area contributed by atoms with Crippen LogP contribution < -0.4 is 5.56 Å². The lowest BCUT2D eigenvalue weighted by atomic mass is 9.92. The van der Waals surface area contributed by atoms with Crippen LogP contribution in [0.4, 0.5) is 0 Å². The van der Waals surface area contributed by atoms with Crippen molar-refractivity contribution in [2.24, 2.45) is 0 Å². The molecule has 2 aromatic heterocycles. The number of aromatic nitrogens is 2. The largest absolute Gasteiger partial charge is 0.460 e. The third-order valence-corrected chi connectivity index (χ3v) is 2.97. The molecule has 2 aromatic rings. The first-order valence-electron chi connectivity index (χ1n) is 5.23. The standard InChI is InChI=1S/C12H13BrN2O2/c1-12(2,3)8-6-9(16)15-11(14-8)10-7(13)4-5-17-10/h4-6H,1-3H3,(H,14,15,16). The van der Waals surface area contributed by atoms with Crippen molar-refractivity contribution in [2.75, 3.05) is 0 Å². The normalized spacial score (nSPS) is 11.8. The summed E-state index contributed by atoms with van der Waals surface area (Å²) in [7, 11) is 0. The SMILES string of the molecule is CC(C)(C)c1cc(=O)[nH]c(-c2occc2Br)n1. The van der Waals surface area contributed by atoms with Crippen molar-refractivity contribution < 1.29 is 4.42 Å². The Hall–Kier alpha value is -1.36. The molecule has 0 radical (unpaired) electrons. The number of rotatable bonds is 1. The van der Waals surface area contributed by atoms with E-state index in [-0.39, 0.29) is 11.0 Å². The molecular formula is C12H13BrN2O2. The van der Waals surface area contributed by atoms with E-state index in [0.717, 1.165) is 10.2 Å². The van der Waals surface area contributed by atoms with Crippen LogP contribution in [0, 0.1) is 0 Å². The summed E-state index contributed by atoms with van der Waals surface area (Å²) in [5.41, 5.74) is 0.380. The highest BCUT2D eigenvalue weighted by atomic mass is 79.9. The minimum atomic E-state index is -0.178. The first kappa shape index (κ1) is 12.1. The minimum Gasteiger partial charge on any atom is -0.460 e. The van der Waals surface area contributed by atoms with Gasteiger partial charge in [0.2, 0.25) is 0 Å². The van der Waals surface area contributed by atoms with Gasteiger partial charge in [-0.2, -0.15) is 0 Å². The Kier molecular flexibility index (Phi) is 2.95. The summed E-state index contributed by atoms with van der Waals surface area (Å²) in [6.45, 7) is 6.03. The maximum atomic E-state index is 11.6. The third kappa shape index (κ3) is 2.49. The molecule has 0 saturated heterocycles. The molecule has 2 rings (SSSR count). The van der Waals surface area contributed by atoms with Gasteiger partial charge in [0.15, 0.2) is 11.6 Å². The number of hydrogen-bond acceptors (Lipinski definition) is 3. The van der Waals surface area contributed by atoms with Crippen molar-refractivity contribution in [3.63, 3.8) is 0 Å². The van der Waals surface area contributed by atoms with Crippen molar-refractivity contribution in [1.29, 1.82) is 0 Å². The molecule has 2 heterocycles. The average molecular weight is 297 g/mol. The van der Waals surface area contributed by atoms with Crippen LogP contribution in [0.5, 0.6) is 0 Å². The number of halogens is 1. The van der Waals surface area contributed by atoms with E-state index in [1.807, 2.05) is 20.8 Å². The summed E-state index contributed by atoms with van der Waals surface area (Å²) < 4.78 is 6.06. The van der Waals surface area contributed by atoms with E-state index in [9.17, 15) is 4.79 Å². The van der Waals surface area contributed by atoms with Crippen LogP contribution in [0.15, 0.2) is 32.1 Å². The predicted octanol–water partition coefficient (Wildman–Crippen LogP) is 3.09. The van der Waals surface area contributed by atoms with E-state index in [1.54, 1.807) is 12.3 Å². The minimum absolute atomic E-state index is 0.178. The number of furan rings is 1. The highest BCUT2D eigenvalue weighted by molar-refractivity contribution is 9.10. The smallest absolute Gasteiger partial charge is 0.251 e. The van der Waals surface area contributed by atoms with E-state index in [0.29, 0.717) is 11.6 Å². The molecule has 17 heavy (non-hydrogen) atoms. The van der Waals surface area contributed by atoms with E-state index >= 15 is 0 Å². The zero-order valence-electron chi connectivity index (χ0n) is 9.87. The molecule has 0 amide bonds. The molecule has 0 spiro atoms. The summed E-state index contributed by atoms with van der Waals surface area (Å²) in [4.78, 5) is 18.7. The highest BCUT2D eigenvalue weighted by Gasteiger charge is 2.19. The quantitative estimate of drug-likeness (QED) is 0.880. The van der Waals surface area contributed by atoms with Gasteiger partial charge in [0.05, 0.1) is 16.4 Å². The Bertz CT molecular complexity index is 593. The Balaban J connectivity index is 2.61. The molecule has 0 aromatic carbocycles. The van der Waals surface area contributed by atoms with Crippen LogP contribution in [0.25, 0.3) is 11.6 Å². The fourth-order valence-electron chi connectivity index (χ4n) is 1.41. The second kappa shape index (κ2) is 4.14. The molecule has 4 nitrogen and oxygen atoms in total. The fraction of sp³-hybridized carbons (Fsp3) is 0.333. The van der Waals surface area contributed by atoms with E-state index in [4.69, 9.17) is 4.42 Å². The first-order chi connectivity index (χ1) is 7.88. The van der Waals surface area contributed by atoms with Crippen molar-refractivity contribution in [2.45, 2.75) is 26.2 Å². The molecule has 0 atom stereocenters. The first-order valence-corrected chi connectivity index (χ1v) is 6.02. The molecule has 0 aliphatic heterocycles. The number of nitrogens with zero attached hydrogens (tertiary/aromatic N) is 1. The maximum absolute atomic E-state index is 11.6. The lowest BCUT2D eigenvalue weighted by Gasteiger charge is -2.17. The van der Waals surface area contributed by atoms with Gasteiger partial charge in [0, 0.05) is 11.5 Å². The molecular weight excluding hydrogens is 284 g/mol. The lowest BCUT2D eigenvalue weighted by Crippen LogP contribution is -2.19. The lowest BCUT2D eigenvalue weighted by molar-refractivity contribution is 0.555. The van der Waals surface area contributed by atoms with Crippen LogP contribution in [0.2, 0.25) is 0 Å². The van der Waals surface area contributed by atoms with E-state index in [2.05, 4.69) is 25.9 Å². The average Bonchev–Trinajstić information content (AvgIpc) is 2.62. The second-order valence-corrected chi connectivity index (χ2v) is 5.68. The molecule has 0 saturated carbocycles. The monoisotopic (exact) mass is 296 g/mol. The predicted molar refractivity (Wildman–Crippen MR) is 69.0 cm³/mol. The van der Waals surface area contributed by atoms with Gasteiger partial charge < -0.3 is 9.40 Å². The highest BCUT2D eigenvalue weighted by Crippen LogP contribution is 2.27. The number of aromatic amines is 1. The summed E-state index contributed by atoms with van der Waals surface area (Å²) in [5.74, 6) is 0.979. The molecule has 90 valence electrons. The van der Waals surface area contributed by atoms with Gasteiger partial charge >= 0.3 is 0 Å². The molecule has 0 unspecified atom stereocenters. The Morgan fingerprint density at radius 2 is 2.12 bits per heavy atom. The molecule has 0 fully saturated rings. The number of H-pyrrole nitrogens is 1. The van der Waals surface area contributed by atoms with Crippen LogP contribution in [0.1, 0.15) is 26.5 Å². The van der Waals surface area contributed by atoms with Gasteiger partial charge in [0.25, 0.3) is 5.56 Å². The zero-order valence-corrected chi connectivity index (χ0v) is 11.5. The van der Waals surface area contributed by atoms with Crippen LogP contribution in [-0.2, 0) is 5.41 Å². The van der Waals surface area contributed by atoms with Gasteiger partial charge in [-0.05, 0) is 22.0 Å². The summed E-state index contributed by atoms with van der Waals surface area (Å²) in [6, 6.07) is 3.28. The summed E-state index contributed by atoms with van der Waals surface area (Å²) >= 11 is 3.35. The molecule has 5 heteroatoms. The van der Waals surface area contributed by atoms with Crippen molar-refractivity contribution in [1.82, 2.24) is 9.97 Å². The van der Waals surface area contributed by atoms with Gasteiger partial charge in [-0.3, -0.25) is 4.79 Å². The maximum Gasteiger partial charge on any atom is 0.251 e. The summed E-state index contributed by atoms with van der Waals surface area (Å²) in [6.07, 6.45) is 1.54. The van der Waals surface area contributed by atoms with Gasteiger partial charge in [0.1, 0.15) is 0 Å². The van der Waals surface area contributed by atoms with Crippen LogP contribution >= 0.6 is 15.9 Å². The molecule has 1 N–H and O–H groups in total. The number of nitrogens with one attached hydrogen (secondary N) is 1. The summed E-state index contributed by atoms with van der Waals surface area (Å²) in [5, 5.41) is 0. The molecule has 0 aliphatic rings. The van der Waals surface area contributed by atoms with Gasteiger partial charge in [-0.1, -0.05) is 20.8 Å². The third-order valence-electron chi connectivity index (χ3n) is 2.34. The second-order valence-electron chi connectivity index (χ2n) is 4.83. The molecule has 0 bridgehead atoms. The number of hydrogen-bond donors (Lipinski definition) is 1. The van der Waals surface area contributed by atoms with Crippen molar-refractivity contribution in [3.05, 3.63) is 38.9 Å². The van der Waals surface area contributed by atoms with Crippen LogP contribution in [0.3, 0.4) is 0 Å². The van der Waals surface area contributed by atoms with Crippen LogP contribution in [-0.4, -0.2) is 9.97 Å². The Morgan fingerprint density at radius 1 is 1.41 bits per heavy atom. The Labute approximate surface area is 107 Å². The van der Waals surface area contributed by atoms with Gasteiger partial charge in [-0.25, -0.2) is 4.98 Å². The topological polar surface area (TPSA) is 58.9 Å². The van der Waals surface area contributed by atoms with Crippen molar-refractivity contribution >= 4 is 15.9 Å². The Morgan fingerprint density at radius 3 is 2.65 bits per heavy atom. The molecule has 0 aliphatic carbocycles. The zero-order chi connectivity index (χ0) is 12.6. The van der Waals surface area contributed by atoms with Crippen molar-refractivity contribution in [3.8, 4) is 11.6 Å². The fourth-order valence-corrected chi connectivity index (χ4v) is 1.80.